The van der Waals surface area contributed by atoms with Gasteiger partial charge in [-0.15, -0.1) is 0 Å². The molecule has 2 heterocycles. The third-order valence-corrected chi connectivity index (χ3v) is 5.19. The number of carbonyl (C=O) groups excluding carboxylic acids is 1. The highest BCUT2D eigenvalue weighted by Crippen LogP contribution is 2.51. The minimum absolute atomic E-state index is 0.00253. The predicted octanol–water partition coefficient (Wildman–Crippen LogP) is 1.54. The molecule has 0 aromatic heterocycles. The minimum atomic E-state index is -0.985. The fourth-order valence-corrected chi connectivity index (χ4v) is 3.89. The maximum absolute atomic E-state index is 13.3. The summed E-state index contributed by atoms with van der Waals surface area (Å²) in [5, 5.41) is 21.8. The monoisotopic (exact) mass is 315 g/mol. The second-order valence-corrected chi connectivity index (χ2v) is 6.59. The second-order valence-electron chi connectivity index (χ2n) is 6.59. The van der Waals surface area contributed by atoms with Crippen molar-refractivity contribution < 1.29 is 14.6 Å². The number of aromatic hydroxyl groups is 1. The number of para-hydroxylation sites is 1. The Hall–Kier alpha value is -2.08. The number of carbonyl (C=O) groups is 1. The zero-order valence-electron chi connectivity index (χ0n) is 12.9. The van der Waals surface area contributed by atoms with Crippen LogP contribution in [-0.2, 0) is 15.1 Å². The van der Waals surface area contributed by atoms with Crippen molar-refractivity contribution in [3.63, 3.8) is 0 Å². The van der Waals surface area contributed by atoms with Crippen molar-refractivity contribution in [1.82, 2.24) is 10.2 Å². The molecule has 6 nitrogen and oxygen atoms in total. The van der Waals surface area contributed by atoms with Crippen LogP contribution in [0.4, 0.5) is 0 Å². The number of phenols is 1. The zero-order chi connectivity index (χ0) is 16.0. The molecule has 1 aromatic rings. The van der Waals surface area contributed by atoms with Crippen LogP contribution in [0.1, 0.15) is 31.2 Å². The molecule has 2 aliphatic heterocycles. The Bertz CT molecular complexity index is 652. The predicted molar refractivity (Wildman–Crippen MR) is 84.1 cm³/mol. The number of hydrogen-bond acceptors (Lipinski definition) is 4. The molecule has 1 aromatic carbocycles. The van der Waals surface area contributed by atoms with Gasteiger partial charge in [-0.1, -0.05) is 18.2 Å². The Balaban J connectivity index is 1.75. The van der Waals surface area contributed by atoms with Crippen LogP contribution >= 0.6 is 0 Å². The number of nitrogens with zero attached hydrogens (tertiary/aromatic N) is 1. The van der Waals surface area contributed by atoms with Gasteiger partial charge >= 0.3 is 0 Å². The molecule has 1 atom stereocenters. The molecule has 4 rings (SSSR count). The van der Waals surface area contributed by atoms with Gasteiger partial charge in [0.2, 0.25) is 0 Å². The largest absolute Gasteiger partial charge is 0.508 e. The molecule has 122 valence electrons. The smallest absolute Gasteiger partial charge is 0.260 e. The van der Waals surface area contributed by atoms with Crippen molar-refractivity contribution in [2.24, 2.45) is 5.92 Å². The first-order valence-corrected chi connectivity index (χ1v) is 8.21. The quantitative estimate of drug-likeness (QED) is 0.790. The molecule has 1 unspecified atom stereocenters. The lowest BCUT2D eigenvalue weighted by molar-refractivity contribution is -0.135. The summed E-state index contributed by atoms with van der Waals surface area (Å²) in [6, 6.07) is 6.98. The Morgan fingerprint density at radius 1 is 1.22 bits per heavy atom. The first-order chi connectivity index (χ1) is 11.1. The van der Waals surface area contributed by atoms with E-state index in [1.165, 1.54) is 0 Å². The lowest BCUT2D eigenvalue weighted by atomic mass is 9.84. The average molecular weight is 315 g/mol. The highest BCUT2D eigenvalue weighted by atomic mass is 16.5. The third-order valence-electron chi connectivity index (χ3n) is 5.19. The molecule has 23 heavy (non-hydrogen) atoms. The van der Waals surface area contributed by atoms with Crippen LogP contribution in [0, 0.1) is 11.3 Å². The third kappa shape index (κ3) is 2.12. The van der Waals surface area contributed by atoms with E-state index in [-0.39, 0.29) is 29.6 Å². The molecule has 2 saturated heterocycles. The Morgan fingerprint density at radius 3 is 2.57 bits per heavy atom. The van der Waals surface area contributed by atoms with Crippen LogP contribution in [0.25, 0.3) is 0 Å². The van der Waals surface area contributed by atoms with Crippen molar-refractivity contribution in [2.75, 3.05) is 13.2 Å². The van der Waals surface area contributed by atoms with Gasteiger partial charge in [0, 0.05) is 24.8 Å². The molecule has 1 saturated carbocycles. The van der Waals surface area contributed by atoms with Crippen LogP contribution in [0.2, 0.25) is 0 Å². The molecule has 3 aliphatic rings. The van der Waals surface area contributed by atoms with Gasteiger partial charge in [-0.2, -0.15) is 0 Å². The van der Waals surface area contributed by atoms with Crippen molar-refractivity contribution in [3.05, 3.63) is 29.8 Å². The first kappa shape index (κ1) is 14.5. The number of benzene rings is 1. The number of amides is 1. The Labute approximate surface area is 134 Å². The lowest BCUT2D eigenvalue weighted by Gasteiger charge is -2.32. The lowest BCUT2D eigenvalue weighted by Crippen LogP contribution is -2.48. The highest BCUT2D eigenvalue weighted by Gasteiger charge is 2.61. The summed E-state index contributed by atoms with van der Waals surface area (Å²) in [4.78, 5) is 14.9. The summed E-state index contributed by atoms with van der Waals surface area (Å²) in [5.41, 5.74) is -0.396. The summed E-state index contributed by atoms with van der Waals surface area (Å²) in [5.74, 6) is 0.297. The molecule has 1 amide bonds. The highest BCUT2D eigenvalue weighted by molar-refractivity contribution is 6.09. The minimum Gasteiger partial charge on any atom is -0.508 e. The van der Waals surface area contributed by atoms with Crippen molar-refractivity contribution in [1.29, 1.82) is 5.41 Å². The van der Waals surface area contributed by atoms with E-state index in [1.54, 1.807) is 23.1 Å². The van der Waals surface area contributed by atoms with Crippen LogP contribution < -0.4 is 5.32 Å². The molecule has 6 heteroatoms. The fraction of sp³-hybridized carbons (Fsp3) is 0.529. The van der Waals surface area contributed by atoms with Gasteiger partial charge in [-0.25, -0.2) is 0 Å². The maximum Gasteiger partial charge on any atom is 0.260 e. The average Bonchev–Trinajstić information content (AvgIpc) is 3.36. The van der Waals surface area contributed by atoms with Crippen molar-refractivity contribution in [3.8, 4) is 5.75 Å². The van der Waals surface area contributed by atoms with E-state index in [4.69, 9.17) is 10.1 Å². The number of nitrogens with one attached hydrogen (secondary N) is 2. The molecule has 3 fully saturated rings. The van der Waals surface area contributed by atoms with Gasteiger partial charge in [0.05, 0.1) is 0 Å². The summed E-state index contributed by atoms with van der Waals surface area (Å²) < 4.78 is 5.38. The van der Waals surface area contributed by atoms with Gasteiger partial charge in [0.25, 0.3) is 5.91 Å². The van der Waals surface area contributed by atoms with E-state index in [1.807, 2.05) is 6.07 Å². The number of hydrogen-bond donors (Lipinski definition) is 3. The normalized spacial score (nSPS) is 29.0. The summed E-state index contributed by atoms with van der Waals surface area (Å²) in [6.07, 6.45) is 3.36. The molecule has 0 radical (unpaired) electrons. The van der Waals surface area contributed by atoms with E-state index in [9.17, 15) is 9.90 Å². The number of rotatable bonds is 3. The first-order valence-electron chi connectivity index (χ1n) is 8.21. The van der Waals surface area contributed by atoms with E-state index < -0.39 is 5.54 Å². The summed E-state index contributed by atoms with van der Waals surface area (Å²) in [7, 11) is 0. The maximum atomic E-state index is 13.3. The van der Waals surface area contributed by atoms with Crippen molar-refractivity contribution in [2.45, 2.75) is 37.3 Å². The van der Waals surface area contributed by atoms with Gasteiger partial charge in [0.15, 0.2) is 11.5 Å². The number of guanidine groups is 1. The molecular formula is C17H21N3O3. The van der Waals surface area contributed by atoms with E-state index in [0.717, 1.165) is 25.7 Å². The van der Waals surface area contributed by atoms with Gasteiger partial charge in [0.1, 0.15) is 5.75 Å². The van der Waals surface area contributed by atoms with E-state index in [2.05, 4.69) is 5.32 Å². The molecule has 0 bridgehead atoms. The number of ether oxygens (including phenoxy) is 1. The van der Waals surface area contributed by atoms with Crippen molar-refractivity contribution >= 4 is 11.9 Å². The van der Waals surface area contributed by atoms with Gasteiger partial charge < -0.3 is 15.2 Å². The standard InChI is InChI=1S/C17H21N3O3/c18-16-19-17(11-5-6-11,13-3-1-2-4-14(13)21)15(22)20(16)12-7-9-23-10-8-12/h1-4,11-12,21H,5-10H2,(H2,18,19). The SMILES string of the molecule is N=C1NC(c2ccccc2O)(C2CC2)C(=O)N1C1CCOCC1. The fourth-order valence-electron chi connectivity index (χ4n) is 3.89. The van der Waals surface area contributed by atoms with Crippen LogP contribution in [0.3, 0.4) is 0 Å². The molecular weight excluding hydrogens is 294 g/mol. The van der Waals surface area contributed by atoms with Crippen LogP contribution in [-0.4, -0.2) is 41.1 Å². The topological polar surface area (TPSA) is 85.7 Å². The molecule has 3 N–H and O–H groups in total. The Kier molecular flexibility index (Phi) is 3.30. The molecule has 0 spiro atoms. The molecule has 1 aliphatic carbocycles. The summed E-state index contributed by atoms with van der Waals surface area (Å²) in [6.45, 7) is 1.24. The van der Waals surface area contributed by atoms with Gasteiger partial charge in [-0.3, -0.25) is 15.1 Å². The van der Waals surface area contributed by atoms with E-state index in [0.29, 0.717) is 18.8 Å². The van der Waals surface area contributed by atoms with Crippen LogP contribution in [0.5, 0.6) is 5.75 Å². The van der Waals surface area contributed by atoms with Gasteiger partial charge in [-0.05, 0) is 37.7 Å². The van der Waals surface area contributed by atoms with Crippen LogP contribution in [0.15, 0.2) is 24.3 Å². The van der Waals surface area contributed by atoms with E-state index >= 15 is 0 Å². The number of phenolic OH excluding ortho intramolecular Hbond substituents is 1. The zero-order valence-corrected chi connectivity index (χ0v) is 12.9. The summed E-state index contributed by atoms with van der Waals surface area (Å²) >= 11 is 0. The Morgan fingerprint density at radius 2 is 1.91 bits per heavy atom. The second kappa shape index (κ2) is 5.23.